The number of nitrogens with zero attached hydrogens (tertiary/aromatic N) is 2. The first-order valence-corrected chi connectivity index (χ1v) is 16.1. The van der Waals surface area contributed by atoms with Gasteiger partial charge in [-0.1, -0.05) is 72.8 Å². The van der Waals surface area contributed by atoms with Gasteiger partial charge in [0.05, 0.1) is 31.7 Å². The molecule has 47 heavy (non-hydrogen) atoms. The van der Waals surface area contributed by atoms with E-state index in [4.69, 9.17) is 14.2 Å². The highest BCUT2D eigenvalue weighted by atomic mass is 32.2. The molecule has 2 heterocycles. The van der Waals surface area contributed by atoms with Crippen molar-refractivity contribution in [3.63, 3.8) is 0 Å². The molecule has 4 aromatic carbocycles. The fourth-order valence-electron chi connectivity index (χ4n) is 5.89. The largest absolute Gasteiger partial charge is 0.497 e. The maximum Gasteiger partial charge on any atom is 0.351 e. The monoisotopic (exact) mass is 649 g/mol. The number of ether oxygens (including phenoxy) is 3. The Bertz CT molecular complexity index is 1800. The summed E-state index contributed by atoms with van der Waals surface area (Å²) in [6.45, 7) is -0.238. The van der Waals surface area contributed by atoms with Crippen LogP contribution >= 0.6 is 11.8 Å². The lowest BCUT2D eigenvalue weighted by molar-refractivity contribution is -0.0237. The van der Waals surface area contributed by atoms with E-state index in [9.17, 15) is 14.7 Å². The van der Waals surface area contributed by atoms with Crippen LogP contribution in [0.4, 0.5) is 5.82 Å². The summed E-state index contributed by atoms with van der Waals surface area (Å²) in [4.78, 5) is 30.0. The molecule has 1 aliphatic heterocycles. The Labute approximate surface area is 277 Å². The van der Waals surface area contributed by atoms with Gasteiger partial charge in [0, 0.05) is 23.4 Å². The Morgan fingerprint density at radius 1 is 0.872 bits per heavy atom. The lowest BCUT2D eigenvalue weighted by atomic mass is 9.84. The van der Waals surface area contributed by atoms with Gasteiger partial charge < -0.3 is 24.6 Å². The summed E-state index contributed by atoms with van der Waals surface area (Å²) in [5.74, 6) is 1.26. The molecule has 3 atom stereocenters. The summed E-state index contributed by atoms with van der Waals surface area (Å²) in [6, 6.07) is 36.5. The van der Waals surface area contributed by atoms with E-state index in [1.165, 1.54) is 4.57 Å². The molecule has 5 aromatic rings. The van der Waals surface area contributed by atoms with Crippen LogP contribution < -0.4 is 20.5 Å². The van der Waals surface area contributed by atoms with Crippen molar-refractivity contribution < 1.29 is 24.1 Å². The van der Waals surface area contributed by atoms with Gasteiger partial charge in [0.25, 0.3) is 5.91 Å². The first-order chi connectivity index (χ1) is 22.9. The highest BCUT2D eigenvalue weighted by Gasteiger charge is 2.45. The minimum atomic E-state index is -0.731. The molecule has 6 rings (SSSR count). The Morgan fingerprint density at radius 3 is 1.96 bits per heavy atom. The molecule has 0 radical (unpaired) electrons. The number of benzene rings is 4. The molecular formula is C37H35N3O6S. The SMILES string of the molecule is COc1ccc(C(S[C@H]2C[C@H](n3ccc(NC(=O)c4ccccc4)nc3=O)O[C@@H]2CO)(c2ccccc2)c2ccc(OC)cc2)cc1. The third-order valence-corrected chi connectivity index (χ3v) is 10.1. The van der Waals surface area contributed by atoms with Crippen molar-refractivity contribution in [3.05, 3.63) is 154 Å². The van der Waals surface area contributed by atoms with Gasteiger partial charge in [-0.2, -0.15) is 4.98 Å². The van der Waals surface area contributed by atoms with Crippen LogP contribution in [-0.4, -0.2) is 52.7 Å². The molecule has 1 aromatic heterocycles. The summed E-state index contributed by atoms with van der Waals surface area (Å²) in [5.41, 5.74) is 2.95. The fraction of sp³-hybridized carbons (Fsp3) is 0.216. The number of hydrogen-bond donors (Lipinski definition) is 2. The molecule has 2 N–H and O–H groups in total. The van der Waals surface area contributed by atoms with E-state index in [1.54, 1.807) is 62.5 Å². The number of rotatable bonds is 11. The van der Waals surface area contributed by atoms with E-state index in [0.29, 0.717) is 12.0 Å². The zero-order valence-electron chi connectivity index (χ0n) is 26.0. The summed E-state index contributed by atoms with van der Waals surface area (Å²) < 4.78 is 18.0. The standard InChI is InChI=1S/C37H35N3O6S/c1-44-29-17-13-27(14-18-29)37(26-11-7-4-8-12-26,28-15-19-30(45-2)20-16-28)47-32-23-34(46-31(32)24-41)40-22-21-33(39-36(40)43)38-35(42)25-9-5-3-6-10-25/h3-22,31-32,34,41H,23-24H2,1-2H3,(H,38,39,42,43)/t31-,32+,34-/m1/s1. The van der Waals surface area contributed by atoms with Crippen LogP contribution in [-0.2, 0) is 9.48 Å². The van der Waals surface area contributed by atoms with Crippen molar-refractivity contribution >= 4 is 23.5 Å². The van der Waals surface area contributed by atoms with Crippen LogP contribution in [0.25, 0.3) is 0 Å². The number of methoxy groups -OCH3 is 2. The molecule has 240 valence electrons. The topological polar surface area (TPSA) is 112 Å². The molecule has 1 saturated heterocycles. The van der Waals surface area contributed by atoms with Crippen LogP contribution in [0, 0.1) is 0 Å². The van der Waals surface area contributed by atoms with Gasteiger partial charge in [-0.05, 0) is 59.2 Å². The van der Waals surface area contributed by atoms with Gasteiger partial charge in [-0.15, -0.1) is 11.8 Å². The van der Waals surface area contributed by atoms with Gasteiger partial charge in [0.1, 0.15) is 23.5 Å². The lowest BCUT2D eigenvalue weighted by Crippen LogP contribution is -2.32. The minimum Gasteiger partial charge on any atom is -0.497 e. The summed E-state index contributed by atoms with van der Waals surface area (Å²) in [5, 5.41) is 13.0. The van der Waals surface area contributed by atoms with E-state index in [2.05, 4.69) is 46.7 Å². The number of aliphatic hydroxyl groups excluding tert-OH is 1. The van der Waals surface area contributed by atoms with Crippen molar-refractivity contribution in [1.29, 1.82) is 0 Å². The molecule has 0 unspecified atom stereocenters. The van der Waals surface area contributed by atoms with Gasteiger partial charge in [0.2, 0.25) is 0 Å². The molecular weight excluding hydrogens is 614 g/mol. The Kier molecular flexibility index (Phi) is 9.72. The number of aliphatic hydroxyl groups is 1. The van der Waals surface area contributed by atoms with Crippen molar-refractivity contribution in [2.75, 3.05) is 26.1 Å². The van der Waals surface area contributed by atoms with Crippen molar-refractivity contribution in [2.24, 2.45) is 0 Å². The molecule has 0 saturated carbocycles. The second kappa shape index (κ2) is 14.3. The summed E-state index contributed by atoms with van der Waals surface area (Å²) in [7, 11) is 3.28. The molecule has 10 heteroatoms. The fourth-order valence-corrected chi connectivity index (χ4v) is 7.73. The van der Waals surface area contributed by atoms with E-state index >= 15 is 0 Å². The predicted molar refractivity (Wildman–Crippen MR) is 182 cm³/mol. The maximum absolute atomic E-state index is 13.2. The van der Waals surface area contributed by atoms with Gasteiger partial charge >= 0.3 is 5.69 Å². The predicted octanol–water partition coefficient (Wildman–Crippen LogP) is 5.89. The normalized spacial score (nSPS) is 17.6. The van der Waals surface area contributed by atoms with E-state index in [1.807, 2.05) is 48.5 Å². The summed E-state index contributed by atoms with van der Waals surface area (Å²) >= 11 is 1.67. The third-order valence-electron chi connectivity index (χ3n) is 8.28. The first kappa shape index (κ1) is 32.1. The second-order valence-electron chi connectivity index (χ2n) is 11.0. The van der Waals surface area contributed by atoms with Crippen molar-refractivity contribution in [1.82, 2.24) is 9.55 Å². The van der Waals surface area contributed by atoms with E-state index < -0.39 is 22.8 Å². The van der Waals surface area contributed by atoms with Crippen LogP contribution in [0.5, 0.6) is 11.5 Å². The number of amides is 1. The maximum atomic E-state index is 13.2. The Hall–Kier alpha value is -4.90. The molecule has 0 spiro atoms. The Morgan fingerprint density at radius 2 is 1.43 bits per heavy atom. The highest BCUT2D eigenvalue weighted by molar-refractivity contribution is 8.01. The van der Waals surface area contributed by atoms with Crippen molar-refractivity contribution in [3.8, 4) is 11.5 Å². The molecule has 9 nitrogen and oxygen atoms in total. The smallest absolute Gasteiger partial charge is 0.351 e. The minimum absolute atomic E-state index is 0.143. The summed E-state index contributed by atoms with van der Waals surface area (Å²) in [6.07, 6.45) is 0.741. The number of carbonyl (C=O) groups excluding carboxylic acids is 1. The highest BCUT2D eigenvalue weighted by Crippen LogP contribution is 2.54. The average molecular weight is 650 g/mol. The third kappa shape index (κ3) is 6.66. The van der Waals surface area contributed by atoms with Crippen LogP contribution in [0.15, 0.2) is 126 Å². The zero-order valence-corrected chi connectivity index (χ0v) is 26.8. The molecule has 0 aliphatic carbocycles. The number of hydrogen-bond acceptors (Lipinski definition) is 8. The number of thioether (sulfide) groups is 1. The second-order valence-corrected chi connectivity index (χ2v) is 12.5. The number of nitrogens with one attached hydrogen (secondary N) is 1. The molecule has 1 fully saturated rings. The number of anilines is 1. The number of carbonyl (C=O) groups is 1. The first-order valence-electron chi connectivity index (χ1n) is 15.2. The van der Waals surface area contributed by atoms with Crippen molar-refractivity contribution in [2.45, 2.75) is 28.7 Å². The average Bonchev–Trinajstić information content (AvgIpc) is 3.53. The van der Waals surface area contributed by atoms with Crippen LogP contribution in [0.1, 0.15) is 39.7 Å². The Balaban J connectivity index is 1.35. The van der Waals surface area contributed by atoms with Gasteiger partial charge in [-0.25, -0.2) is 4.79 Å². The molecule has 0 bridgehead atoms. The molecule has 1 amide bonds. The lowest BCUT2D eigenvalue weighted by Gasteiger charge is -2.38. The quantitative estimate of drug-likeness (QED) is 0.171. The van der Waals surface area contributed by atoms with Crippen LogP contribution in [0.3, 0.4) is 0 Å². The van der Waals surface area contributed by atoms with E-state index in [-0.39, 0.29) is 23.6 Å². The number of aromatic nitrogens is 2. The molecule has 1 aliphatic rings. The van der Waals surface area contributed by atoms with Crippen LogP contribution in [0.2, 0.25) is 0 Å². The van der Waals surface area contributed by atoms with Gasteiger partial charge in [0.15, 0.2) is 0 Å². The zero-order chi connectivity index (χ0) is 32.8. The van der Waals surface area contributed by atoms with E-state index in [0.717, 1.165) is 28.2 Å². The van der Waals surface area contributed by atoms with Gasteiger partial charge in [-0.3, -0.25) is 9.36 Å².